The molecule has 11 rings (SSSR count). The summed E-state index contributed by atoms with van der Waals surface area (Å²) in [4.78, 5) is 2.43. The number of benzene rings is 9. The summed E-state index contributed by atoms with van der Waals surface area (Å²) in [7, 11) is 0. The van der Waals surface area contributed by atoms with Crippen LogP contribution in [-0.2, 0) is 11.8 Å². The molecule has 0 spiro atoms. The van der Waals surface area contributed by atoms with Crippen molar-refractivity contribution in [3.63, 3.8) is 0 Å². The summed E-state index contributed by atoms with van der Waals surface area (Å²) in [5.41, 5.74) is 25.2. The van der Waals surface area contributed by atoms with Crippen molar-refractivity contribution in [3.8, 4) is 44.5 Å². The van der Waals surface area contributed by atoms with Gasteiger partial charge in [-0.2, -0.15) is 0 Å². The molecule has 2 atom stereocenters. The van der Waals surface area contributed by atoms with E-state index in [2.05, 4.69) is 265 Å². The lowest BCUT2D eigenvalue weighted by atomic mass is 9.74. The van der Waals surface area contributed by atoms with E-state index in [0.29, 0.717) is 5.92 Å². The van der Waals surface area contributed by atoms with E-state index in [1.54, 1.807) is 0 Å². The van der Waals surface area contributed by atoms with Crippen LogP contribution in [0.4, 0.5) is 17.1 Å². The average molecular weight is 866 g/mol. The predicted octanol–water partition coefficient (Wildman–Crippen LogP) is 18.3. The van der Waals surface area contributed by atoms with E-state index in [4.69, 9.17) is 0 Å². The number of fused-ring (bicyclic) bond motifs is 6. The number of nitrogens with zero attached hydrogens (tertiary/aromatic N) is 1. The molecule has 9 aromatic carbocycles. The van der Waals surface area contributed by atoms with Crippen LogP contribution in [0.15, 0.2) is 218 Å². The molecule has 67 heavy (non-hydrogen) atoms. The largest absolute Gasteiger partial charge is 0.310 e. The first kappa shape index (κ1) is 43.4. The Bertz CT molecular complexity index is 3230. The van der Waals surface area contributed by atoms with E-state index in [9.17, 15) is 0 Å². The van der Waals surface area contributed by atoms with Gasteiger partial charge >= 0.3 is 0 Å². The Hall–Kier alpha value is -7.48. The number of aryl methyl sites for hydroxylation is 1. The molecule has 0 radical (unpaired) electrons. The van der Waals surface area contributed by atoms with Crippen LogP contribution in [0.25, 0.3) is 50.1 Å². The molecule has 1 nitrogen and oxygen atoms in total. The summed E-state index contributed by atoms with van der Waals surface area (Å²) in [6, 6.07) is 79.4. The molecule has 2 aliphatic rings. The zero-order chi connectivity index (χ0) is 46.1. The monoisotopic (exact) mass is 865 g/mol. The maximum absolute atomic E-state index is 2.44. The molecule has 0 aromatic heterocycles. The Kier molecular flexibility index (Phi) is 11.9. The molecule has 0 saturated carbocycles. The normalized spacial score (nSPS) is 15.6. The minimum Gasteiger partial charge on any atom is -0.310 e. The molecular formula is C66H59N. The summed E-state index contributed by atoms with van der Waals surface area (Å²) >= 11 is 0. The van der Waals surface area contributed by atoms with Crippen LogP contribution in [0.5, 0.6) is 0 Å². The van der Waals surface area contributed by atoms with Crippen LogP contribution in [0.1, 0.15) is 91.5 Å². The quantitative estimate of drug-likeness (QED) is 0.147. The van der Waals surface area contributed by atoms with Crippen LogP contribution in [-0.4, -0.2) is 0 Å². The Morgan fingerprint density at radius 1 is 0.522 bits per heavy atom. The lowest BCUT2D eigenvalue weighted by Gasteiger charge is -2.31. The molecule has 0 saturated heterocycles. The van der Waals surface area contributed by atoms with Crippen LogP contribution >= 0.6 is 0 Å². The molecule has 2 unspecified atom stereocenters. The highest BCUT2D eigenvalue weighted by atomic mass is 15.1. The SMILES string of the molecule is C/C=C(\C)c1cccc(-c2ccc(N(c3ccc(-c4ccc5c(c4)-c4cc(C)ccc4CC5c4ccccc4)cc3)c3ccc4c(c3)C(C)(c3ccccc3)c3ccccc3-4)cc2)c1.CCC. The molecule has 0 fully saturated rings. The van der Waals surface area contributed by atoms with Gasteiger partial charge in [-0.25, -0.2) is 0 Å². The van der Waals surface area contributed by atoms with E-state index in [-0.39, 0.29) is 5.41 Å². The van der Waals surface area contributed by atoms with Gasteiger partial charge in [0, 0.05) is 28.4 Å². The van der Waals surface area contributed by atoms with Crippen LogP contribution in [0, 0.1) is 6.92 Å². The third-order valence-electron chi connectivity index (χ3n) is 14.2. The van der Waals surface area contributed by atoms with Crippen molar-refractivity contribution in [3.05, 3.63) is 263 Å². The summed E-state index contributed by atoms with van der Waals surface area (Å²) in [6.07, 6.45) is 4.44. The average Bonchev–Trinajstić information content (AvgIpc) is 3.64. The Morgan fingerprint density at radius 3 is 1.81 bits per heavy atom. The zero-order valence-corrected chi connectivity index (χ0v) is 39.7. The van der Waals surface area contributed by atoms with Crippen molar-refractivity contribution >= 4 is 22.6 Å². The molecule has 328 valence electrons. The molecule has 0 aliphatic heterocycles. The fraction of sp³-hybridized carbons (Fsp3) is 0.152. The molecule has 0 bridgehead atoms. The van der Waals surface area contributed by atoms with Gasteiger partial charge in [0.25, 0.3) is 0 Å². The van der Waals surface area contributed by atoms with Gasteiger partial charge in [-0.1, -0.05) is 196 Å². The van der Waals surface area contributed by atoms with Crippen LogP contribution in [0.3, 0.4) is 0 Å². The van der Waals surface area contributed by atoms with Gasteiger partial charge in [-0.3, -0.25) is 0 Å². The zero-order valence-electron chi connectivity index (χ0n) is 39.7. The first-order valence-corrected chi connectivity index (χ1v) is 24.1. The van der Waals surface area contributed by atoms with E-state index >= 15 is 0 Å². The number of hydrogen-bond donors (Lipinski definition) is 0. The van der Waals surface area contributed by atoms with Crippen LogP contribution < -0.4 is 4.90 Å². The van der Waals surface area contributed by atoms with E-state index in [0.717, 1.165) is 23.5 Å². The molecular weight excluding hydrogens is 807 g/mol. The fourth-order valence-corrected chi connectivity index (χ4v) is 10.6. The summed E-state index contributed by atoms with van der Waals surface area (Å²) in [6.45, 7) is 13.1. The smallest absolute Gasteiger partial charge is 0.0465 e. The molecule has 0 N–H and O–H groups in total. The van der Waals surface area contributed by atoms with E-state index in [1.807, 2.05) is 0 Å². The molecule has 9 aromatic rings. The first-order chi connectivity index (χ1) is 32.8. The minimum absolute atomic E-state index is 0.304. The number of hydrogen-bond acceptors (Lipinski definition) is 1. The topological polar surface area (TPSA) is 3.24 Å². The van der Waals surface area contributed by atoms with Crippen molar-refractivity contribution in [2.45, 2.75) is 65.7 Å². The first-order valence-electron chi connectivity index (χ1n) is 24.1. The van der Waals surface area contributed by atoms with Gasteiger partial charge in [0.2, 0.25) is 0 Å². The van der Waals surface area contributed by atoms with Gasteiger partial charge < -0.3 is 4.90 Å². The maximum atomic E-state index is 2.44. The Morgan fingerprint density at radius 2 is 1.12 bits per heavy atom. The van der Waals surface area contributed by atoms with Gasteiger partial charge in [0.15, 0.2) is 0 Å². The van der Waals surface area contributed by atoms with Crippen molar-refractivity contribution in [2.24, 2.45) is 0 Å². The van der Waals surface area contributed by atoms with Gasteiger partial charge in [0.05, 0.1) is 0 Å². The van der Waals surface area contributed by atoms with E-state index in [1.165, 1.54) is 101 Å². The van der Waals surface area contributed by atoms with Crippen molar-refractivity contribution < 1.29 is 0 Å². The minimum atomic E-state index is -0.304. The van der Waals surface area contributed by atoms with Crippen molar-refractivity contribution in [1.82, 2.24) is 0 Å². The van der Waals surface area contributed by atoms with Crippen molar-refractivity contribution in [2.75, 3.05) is 4.90 Å². The third kappa shape index (κ3) is 8.04. The highest BCUT2D eigenvalue weighted by Gasteiger charge is 2.41. The summed E-state index contributed by atoms with van der Waals surface area (Å²) in [5.74, 6) is 0.327. The molecule has 0 heterocycles. The maximum Gasteiger partial charge on any atom is 0.0465 e. The predicted molar refractivity (Wildman–Crippen MR) is 287 cm³/mol. The van der Waals surface area contributed by atoms with Gasteiger partial charge in [-0.05, 0) is 172 Å². The highest BCUT2D eigenvalue weighted by molar-refractivity contribution is 5.88. The lowest BCUT2D eigenvalue weighted by molar-refractivity contribution is 0.714. The summed E-state index contributed by atoms with van der Waals surface area (Å²) in [5, 5.41) is 0. The number of rotatable bonds is 8. The molecule has 0 amide bonds. The third-order valence-corrected chi connectivity index (χ3v) is 14.2. The highest BCUT2D eigenvalue weighted by Crippen LogP contribution is 2.54. The second-order valence-electron chi connectivity index (χ2n) is 18.6. The van der Waals surface area contributed by atoms with E-state index < -0.39 is 0 Å². The lowest BCUT2D eigenvalue weighted by Crippen LogP contribution is -2.22. The fourth-order valence-electron chi connectivity index (χ4n) is 10.6. The van der Waals surface area contributed by atoms with Gasteiger partial charge in [0.1, 0.15) is 0 Å². The standard InChI is InChI=1S/C63H51N.C3H8/c1-5-43(3)47-17-14-18-48(38-47)44-25-30-52(31-26-44)64(54-34-36-57-56-21-12-13-22-61(56)63(4,62(57)41-54)51-19-10-7-11-20-51)53-32-27-45(28-33-53)49-29-35-55-59(46-15-8-6-9-16-46)40-50-24-23-42(2)37-58(50)60(55)39-49;1-3-2/h5-39,41,59H,40H2,1-4H3;3H2,1-2H3/b43-5+;. The second-order valence-corrected chi connectivity index (χ2v) is 18.6. The number of anilines is 3. The summed E-state index contributed by atoms with van der Waals surface area (Å²) < 4.78 is 0. The van der Waals surface area contributed by atoms with Crippen molar-refractivity contribution in [1.29, 1.82) is 0 Å². The van der Waals surface area contributed by atoms with Gasteiger partial charge in [-0.15, -0.1) is 0 Å². The Balaban J connectivity index is 0.00000171. The van der Waals surface area contributed by atoms with Crippen LogP contribution in [0.2, 0.25) is 0 Å². The second kappa shape index (κ2) is 18.4. The molecule has 1 heteroatoms. The Labute approximate surface area is 398 Å². The molecule has 2 aliphatic carbocycles. The number of allylic oxidation sites excluding steroid dienone is 2.